The van der Waals surface area contributed by atoms with E-state index in [9.17, 15) is 48.6 Å². The second-order valence-corrected chi connectivity index (χ2v) is 15.5. The second-order valence-electron chi connectivity index (χ2n) is 15.5. The van der Waals surface area contributed by atoms with Crippen molar-refractivity contribution in [2.24, 2.45) is 29.2 Å². The molecule has 7 amide bonds. The van der Waals surface area contributed by atoms with Gasteiger partial charge in [0.15, 0.2) is 0 Å². The first kappa shape index (κ1) is 47.3. The van der Waals surface area contributed by atoms with Gasteiger partial charge in [0.05, 0.1) is 24.9 Å². The van der Waals surface area contributed by atoms with Crippen LogP contribution in [-0.4, -0.2) is 100 Å². The molecular formula is C41H58N8O10. The third kappa shape index (κ3) is 15.3. The van der Waals surface area contributed by atoms with Gasteiger partial charge in [0.25, 0.3) is 0 Å². The number of carbonyl (C=O) groups is 8. The van der Waals surface area contributed by atoms with Gasteiger partial charge in [0.2, 0.25) is 41.4 Å². The average molecular weight is 823 g/mol. The molecule has 0 heterocycles. The van der Waals surface area contributed by atoms with Crippen LogP contribution < -0.4 is 43.4 Å². The maximum Gasteiger partial charge on any atom is 0.305 e. The number of hydrogen-bond acceptors (Lipinski definition) is 10. The Morgan fingerprint density at radius 1 is 0.678 bits per heavy atom. The molecule has 0 unspecified atom stereocenters. The molecule has 1 saturated carbocycles. The van der Waals surface area contributed by atoms with Gasteiger partial charge < -0.3 is 53.6 Å². The lowest BCUT2D eigenvalue weighted by Gasteiger charge is -2.33. The summed E-state index contributed by atoms with van der Waals surface area (Å²) in [5, 5.41) is 34.9. The minimum atomic E-state index is -1.69. The van der Waals surface area contributed by atoms with Gasteiger partial charge >= 0.3 is 5.97 Å². The molecular weight excluding hydrogens is 764 g/mol. The van der Waals surface area contributed by atoms with Crippen molar-refractivity contribution in [1.82, 2.24) is 31.9 Å². The van der Waals surface area contributed by atoms with Gasteiger partial charge in [-0.2, -0.15) is 0 Å². The van der Waals surface area contributed by atoms with Crippen molar-refractivity contribution >= 4 is 47.3 Å². The van der Waals surface area contributed by atoms with Crippen LogP contribution in [-0.2, 0) is 51.2 Å². The smallest absolute Gasteiger partial charge is 0.305 e. The molecule has 0 aliphatic heterocycles. The molecule has 1 fully saturated rings. The number of primary amides is 1. The molecule has 0 aromatic heterocycles. The lowest BCUT2D eigenvalue weighted by atomic mass is 9.83. The van der Waals surface area contributed by atoms with Gasteiger partial charge in [-0.3, -0.25) is 38.4 Å². The molecule has 59 heavy (non-hydrogen) atoms. The summed E-state index contributed by atoms with van der Waals surface area (Å²) in [6.07, 6.45) is 1.58. The van der Waals surface area contributed by atoms with Crippen LogP contribution in [0.15, 0.2) is 54.6 Å². The third-order valence-corrected chi connectivity index (χ3v) is 10.0. The molecule has 0 bridgehead atoms. The molecule has 3 rings (SSSR count). The zero-order valence-corrected chi connectivity index (χ0v) is 33.9. The van der Waals surface area contributed by atoms with Crippen molar-refractivity contribution < 1.29 is 48.6 Å². The van der Waals surface area contributed by atoms with E-state index in [0.717, 1.165) is 12.0 Å². The van der Waals surface area contributed by atoms with E-state index in [1.807, 2.05) is 0 Å². The van der Waals surface area contributed by atoms with Crippen molar-refractivity contribution in [2.45, 2.75) is 109 Å². The van der Waals surface area contributed by atoms with Crippen molar-refractivity contribution in [2.75, 3.05) is 6.54 Å². The predicted octanol–water partition coefficient (Wildman–Crippen LogP) is -0.493. The van der Waals surface area contributed by atoms with E-state index in [4.69, 9.17) is 11.5 Å². The molecule has 2 aromatic rings. The first-order chi connectivity index (χ1) is 27.9. The van der Waals surface area contributed by atoms with Crippen LogP contribution in [0.3, 0.4) is 0 Å². The Labute approximate surface area is 343 Å². The zero-order valence-electron chi connectivity index (χ0n) is 33.9. The van der Waals surface area contributed by atoms with Gasteiger partial charge in [-0.05, 0) is 54.4 Å². The number of hydrogen-bond donors (Lipinski definition) is 10. The van der Waals surface area contributed by atoms with Crippen LogP contribution in [0.2, 0.25) is 0 Å². The summed E-state index contributed by atoms with van der Waals surface area (Å²) in [7, 11) is 0. The first-order valence-electron chi connectivity index (χ1n) is 19.7. The van der Waals surface area contributed by atoms with Crippen molar-refractivity contribution in [3.63, 3.8) is 0 Å². The van der Waals surface area contributed by atoms with Gasteiger partial charge in [-0.1, -0.05) is 83.0 Å². The number of phenols is 1. The Morgan fingerprint density at radius 3 is 1.83 bits per heavy atom. The number of benzene rings is 2. The normalized spacial score (nSPS) is 17.6. The summed E-state index contributed by atoms with van der Waals surface area (Å²) in [5.74, 6) is -8.23. The van der Waals surface area contributed by atoms with Crippen LogP contribution in [0, 0.1) is 17.8 Å². The number of carboxylic acid groups (broad SMARTS) is 1. The number of carboxylic acids is 1. The maximum atomic E-state index is 14.0. The first-order valence-corrected chi connectivity index (χ1v) is 19.7. The molecule has 18 heteroatoms. The van der Waals surface area contributed by atoms with Gasteiger partial charge in [0.1, 0.15) is 29.9 Å². The number of nitrogens with one attached hydrogen (secondary N) is 6. The van der Waals surface area contributed by atoms with E-state index < -0.39 is 114 Å². The largest absolute Gasteiger partial charge is 0.508 e. The third-order valence-electron chi connectivity index (χ3n) is 10.0. The number of amides is 7. The summed E-state index contributed by atoms with van der Waals surface area (Å²) in [6.45, 7) is 6.08. The minimum absolute atomic E-state index is 0.0352. The van der Waals surface area contributed by atoms with E-state index in [-0.39, 0.29) is 18.6 Å². The Balaban J connectivity index is 1.79. The average Bonchev–Trinajstić information content (AvgIpc) is 3.18. The summed E-state index contributed by atoms with van der Waals surface area (Å²) >= 11 is 0. The quantitative estimate of drug-likeness (QED) is 0.0766. The monoisotopic (exact) mass is 822 g/mol. The van der Waals surface area contributed by atoms with Crippen molar-refractivity contribution in [1.29, 1.82) is 0 Å². The summed E-state index contributed by atoms with van der Waals surface area (Å²) < 4.78 is 0. The molecule has 322 valence electrons. The lowest BCUT2D eigenvalue weighted by Crippen LogP contribution is -2.61. The van der Waals surface area contributed by atoms with Crippen LogP contribution in [0.25, 0.3) is 0 Å². The second kappa shape index (κ2) is 22.8. The van der Waals surface area contributed by atoms with Gasteiger partial charge in [-0.25, -0.2) is 0 Å². The summed E-state index contributed by atoms with van der Waals surface area (Å²) in [5.41, 5.74) is 12.7. The van der Waals surface area contributed by atoms with Gasteiger partial charge in [0, 0.05) is 12.5 Å². The lowest BCUT2D eigenvalue weighted by molar-refractivity contribution is -0.142. The van der Waals surface area contributed by atoms with E-state index >= 15 is 0 Å². The summed E-state index contributed by atoms with van der Waals surface area (Å²) in [4.78, 5) is 104. The predicted molar refractivity (Wildman–Crippen MR) is 216 cm³/mol. The molecule has 0 radical (unpaired) electrons. The molecule has 1 aliphatic rings. The Morgan fingerprint density at radius 2 is 1.24 bits per heavy atom. The van der Waals surface area contributed by atoms with Crippen LogP contribution >= 0.6 is 0 Å². The van der Waals surface area contributed by atoms with E-state index in [1.165, 1.54) is 12.1 Å². The highest BCUT2D eigenvalue weighted by molar-refractivity contribution is 5.97. The Kier molecular flexibility index (Phi) is 18.3. The number of nitrogens with two attached hydrogens (primary N) is 2. The SMILES string of the molecule is CC(C)[C@H](NC(=O)[C@H](CC(=O)O)NC(=O)[C@H](Cc1ccccc1)NC(=O)[C@H]1CCCC[C@H]1NC(=O)[C@@H](N)Cc1ccc(O)cc1)C(=O)N[C@H](C(=O)NCC(N)=O)C(C)C. The summed E-state index contributed by atoms with van der Waals surface area (Å²) in [6, 6.07) is 8.08. The standard InChI is InChI=1S/C41H58N8O10/c1-22(2)34(40(58)44-21-32(43)51)49-41(59)35(23(3)4)48-39(57)31(20-33(52)53)47-38(56)30(19-24-10-6-5-7-11-24)46-36(54)27-12-8-9-13-29(27)45-37(55)28(42)18-25-14-16-26(50)17-15-25/h5-7,10-11,14-17,22-23,27-31,34-35,50H,8-9,12-13,18-21,42H2,1-4H3,(H2,43,51)(H,44,58)(H,45,55)(H,46,54)(H,47,56)(H,48,57)(H,49,59)(H,52,53)/t27-,28-,29+,30-,31-,34-,35-/m0/s1. The van der Waals surface area contributed by atoms with Crippen LogP contribution in [0.4, 0.5) is 0 Å². The number of aromatic hydroxyl groups is 1. The molecule has 12 N–H and O–H groups in total. The van der Waals surface area contributed by atoms with E-state index in [0.29, 0.717) is 24.8 Å². The number of phenolic OH excluding ortho intramolecular Hbond substituents is 1. The van der Waals surface area contributed by atoms with E-state index in [2.05, 4.69) is 31.9 Å². The van der Waals surface area contributed by atoms with Crippen molar-refractivity contribution in [3.8, 4) is 5.75 Å². The van der Waals surface area contributed by atoms with E-state index in [1.54, 1.807) is 70.2 Å². The highest BCUT2D eigenvalue weighted by Gasteiger charge is 2.37. The molecule has 2 aromatic carbocycles. The highest BCUT2D eigenvalue weighted by atomic mass is 16.4. The Hall–Kier alpha value is -6.04. The maximum absolute atomic E-state index is 14.0. The van der Waals surface area contributed by atoms with Crippen molar-refractivity contribution in [3.05, 3.63) is 65.7 Å². The number of carbonyl (C=O) groups excluding carboxylic acids is 7. The Bertz CT molecular complexity index is 1790. The fourth-order valence-electron chi connectivity index (χ4n) is 6.73. The fraction of sp³-hybridized carbons (Fsp3) is 0.512. The number of aliphatic carboxylic acids is 1. The number of rotatable bonds is 21. The molecule has 18 nitrogen and oxygen atoms in total. The van der Waals surface area contributed by atoms with Crippen LogP contribution in [0.5, 0.6) is 5.75 Å². The topological polar surface area (TPSA) is 301 Å². The van der Waals surface area contributed by atoms with Gasteiger partial charge in [-0.15, -0.1) is 0 Å². The molecule has 1 aliphatic carbocycles. The van der Waals surface area contributed by atoms with Crippen LogP contribution in [0.1, 0.15) is 70.9 Å². The zero-order chi connectivity index (χ0) is 43.8. The molecule has 0 saturated heterocycles. The molecule has 0 spiro atoms. The fourth-order valence-corrected chi connectivity index (χ4v) is 6.73. The highest BCUT2D eigenvalue weighted by Crippen LogP contribution is 2.25. The minimum Gasteiger partial charge on any atom is -0.508 e. The molecule has 7 atom stereocenters.